The van der Waals surface area contributed by atoms with Crippen molar-refractivity contribution in [3.8, 4) is 11.3 Å². The van der Waals surface area contributed by atoms with Crippen LogP contribution >= 0.6 is 11.6 Å². The quantitative estimate of drug-likeness (QED) is 0.666. The smallest absolute Gasteiger partial charge is 0.269 e. The Morgan fingerprint density at radius 2 is 2.21 bits per heavy atom. The second-order valence-corrected chi connectivity index (χ2v) is 9.63. The van der Waals surface area contributed by atoms with Gasteiger partial charge in [0.1, 0.15) is 0 Å². The van der Waals surface area contributed by atoms with Crippen LogP contribution in [0.25, 0.3) is 11.3 Å². The molecule has 2 bridgehead atoms. The van der Waals surface area contributed by atoms with Gasteiger partial charge >= 0.3 is 0 Å². The van der Waals surface area contributed by atoms with E-state index in [1.807, 2.05) is 4.83 Å². The van der Waals surface area contributed by atoms with Crippen molar-refractivity contribution in [2.75, 3.05) is 5.75 Å². The number of fused-ring (bicyclic) bond motifs is 2. The van der Waals surface area contributed by atoms with E-state index in [0.29, 0.717) is 17.7 Å². The molecule has 2 aliphatic rings. The number of aromatic nitrogens is 2. The Balaban J connectivity index is 1.46. The maximum Gasteiger partial charge on any atom is 0.269 e. The van der Waals surface area contributed by atoms with Gasteiger partial charge < -0.3 is 9.30 Å². The van der Waals surface area contributed by atoms with Gasteiger partial charge in [-0.15, -0.1) is 4.83 Å². The molecule has 0 spiro atoms. The van der Waals surface area contributed by atoms with Gasteiger partial charge in [0.2, 0.25) is 10.0 Å². The highest BCUT2D eigenvalue weighted by molar-refractivity contribution is 7.89. The second-order valence-electron chi connectivity index (χ2n) is 7.45. The highest BCUT2D eigenvalue weighted by Gasteiger charge is 2.42. The fourth-order valence-electron chi connectivity index (χ4n) is 3.90. The average molecular weight is 443 g/mol. The lowest BCUT2D eigenvalue weighted by Gasteiger charge is -2.18. The number of amides is 1. The zero-order chi connectivity index (χ0) is 20.8. The van der Waals surface area contributed by atoms with Gasteiger partial charge in [-0.3, -0.25) is 10.2 Å². The van der Waals surface area contributed by atoms with E-state index < -0.39 is 21.7 Å². The van der Waals surface area contributed by atoms with Gasteiger partial charge in [-0.1, -0.05) is 11.6 Å². The van der Waals surface area contributed by atoms with Crippen LogP contribution in [-0.2, 0) is 21.8 Å². The van der Waals surface area contributed by atoms with Crippen molar-refractivity contribution in [3.63, 3.8) is 0 Å². The molecule has 29 heavy (non-hydrogen) atoms. The number of sulfonamides is 1. The van der Waals surface area contributed by atoms with Gasteiger partial charge in [-0.05, 0) is 31.4 Å². The number of ether oxygens (including phenoxy) is 1. The van der Waals surface area contributed by atoms with Crippen molar-refractivity contribution >= 4 is 27.5 Å². The summed E-state index contributed by atoms with van der Waals surface area (Å²) in [6, 6.07) is 2.63. The predicted molar refractivity (Wildman–Crippen MR) is 104 cm³/mol. The zero-order valence-electron chi connectivity index (χ0n) is 15.6. The van der Waals surface area contributed by atoms with E-state index in [0.717, 1.165) is 12.8 Å². The maximum absolute atomic E-state index is 14.4. The normalized spacial score (nSPS) is 23.5. The summed E-state index contributed by atoms with van der Waals surface area (Å²) >= 11 is 5.92. The van der Waals surface area contributed by atoms with Crippen molar-refractivity contribution in [3.05, 3.63) is 41.1 Å². The molecule has 0 saturated carbocycles. The van der Waals surface area contributed by atoms with Crippen molar-refractivity contribution in [2.24, 2.45) is 13.0 Å². The van der Waals surface area contributed by atoms with Gasteiger partial charge in [-0.2, -0.15) is 0 Å². The van der Waals surface area contributed by atoms with Gasteiger partial charge in [0.05, 0.1) is 40.6 Å². The number of nitrogens with zero attached hydrogens (tertiary/aromatic N) is 2. The Labute approximate surface area is 172 Å². The number of rotatable bonds is 6. The molecule has 3 atom stereocenters. The number of benzene rings is 1. The van der Waals surface area contributed by atoms with E-state index in [1.54, 1.807) is 24.1 Å². The first-order chi connectivity index (χ1) is 13.7. The van der Waals surface area contributed by atoms with Gasteiger partial charge in [0, 0.05) is 24.7 Å². The van der Waals surface area contributed by atoms with Gasteiger partial charge in [0.15, 0.2) is 5.82 Å². The number of hydrogen-bond donors (Lipinski definition) is 2. The highest BCUT2D eigenvalue weighted by Crippen LogP contribution is 2.39. The fourth-order valence-corrected chi connectivity index (χ4v) is 5.36. The Morgan fingerprint density at radius 3 is 2.83 bits per heavy atom. The molecule has 1 amide bonds. The van der Waals surface area contributed by atoms with E-state index >= 15 is 0 Å². The Hall–Kier alpha value is -2.01. The first-order valence-corrected chi connectivity index (χ1v) is 11.2. The minimum Gasteiger partial charge on any atom is -0.375 e. The molecule has 11 heteroatoms. The first kappa shape index (κ1) is 20.3. The number of aryl methyl sites for hydroxylation is 1. The molecule has 8 nitrogen and oxygen atoms in total. The standard InChI is InChI=1S/C18H20ClFN4O4S/c1-24-7-15(21-9-24)10-5-13(17(20)14(19)6-10)18(25)22-23-29(26,27)8-11-4-12-2-3-16(11)28-12/h5-7,9,11-12,16,23H,2-4,8H2,1H3,(H,22,25)/t11-,12+,16-/m0/s1. The number of nitrogens with one attached hydrogen (secondary N) is 2. The molecule has 1 aromatic heterocycles. The maximum atomic E-state index is 14.4. The van der Waals surface area contributed by atoms with Gasteiger partial charge in [-0.25, -0.2) is 17.8 Å². The van der Waals surface area contributed by atoms with E-state index in [4.69, 9.17) is 16.3 Å². The number of halogens is 2. The first-order valence-electron chi connectivity index (χ1n) is 9.14. The van der Waals surface area contributed by atoms with Crippen molar-refractivity contribution in [1.29, 1.82) is 0 Å². The van der Waals surface area contributed by atoms with Crippen LogP contribution in [0.4, 0.5) is 4.39 Å². The lowest BCUT2D eigenvalue weighted by Crippen LogP contribution is -2.44. The van der Waals surface area contributed by atoms with E-state index in [2.05, 4.69) is 10.4 Å². The summed E-state index contributed by atoms with van der Waals surface area (Å²) in [4.78, 5) is 18.6. The lowest BCUT2D eigenvalue weighted by molar-refractivity contribution is 0.0940. The number of carbonyl (C=O) groups is 1. The fraction of sp³-hybridized carbons (Fsp3) is 0.444. The third kappa shape index (κ3) is 4.30. The lowest BCUT2D eigenvalue weighted by atomic mass is 9.91. The Bertz CT molecular complexity index is 1060. The molecular weight excluding hydrogens is 423 g/mol. The third-order valence-electron chi connectivity index (χ3n) is 5.26. The summed E-state index contributed by atoms with van der Waals surface area (Å²) in [5, 5.41) is -0.264. The molecule has 0 unspecified atom stereocenters. The van der Waals surface area contributed by atoms with Crippen LogP contribution < -0.4 is 10.3 Å². The molecule has 1 aromatic carbocycles. The SMILES string of the molecule is Cn1cnc(-c2cc(Cl)c(F)c(C(=O)NNS(=O)(=O)C[C@@H]3C[C@H]4CC[C@@H]3O4)c2)c1. The molecule has 2 aromatic rings. The Kier molecular flexibility index (Phi) is 5.36. The van der Waals surface area contributed by atoms with E-state index in [1.165, 1.54) is 12.1 Å². The van der Waals surface area contributed by atoms with Crippen LogP contribution in [0.5, 0.6) is 0 Å². The highest BCUT2D eigenvalue weighted by atomic mass is 35.5. The summed E-state index contributed by atoms with van der Waals surface area (Å²) in [7, 11) is -2.04. The number of carbonyl (C=O) groups excluding carboxylic acids is 1. The molecule has 3 heterocycles. The Morgan fingerprint density at radius 1 is 1.41 bits per heavy atom. The van der Waals surface area contributed by atoms with E-state index in [9.17, 15) is 17.6 Å². The monoisotopic (exact) mass is 442 g/mol. The summed E-state index contributed by atoms with van der Waals surface area (Å²) in [6.07, 6.45) is 5.80. The van der Waals surface area contributed by atoms with Crippen LogP contribution in [0.1, 0.15) is 29.6 Å². The molecule has 4 rings (SSSR count). The van der Waals surface area contributed by atoms with Crippen LogP contribution in [0, 0.1) is 11.7 Å². The summed E-state index contributed by atoms with van der Waals surface area (Å²) in [5.41, 5.74) is 2.62. The van der Waals surface area contributed by atoms with Crippen LogP contribution in [-0.4, -0.2) is 41.8 Å². The predicted octanol–water partition coefficient (Wildman–Crippen LogP) is 2.01. The summed E-state index contributed by atoms with van der Waals surface area (Å²) < 4.78 is 46.4. The third-order valence-corrected chi connectivity index (χ3v) is 6.81. The molecule has 156 valence electrons. The number of hydrogen-bond acceptors (Lipinski definition) is 5. The number of imidazole rings is 1. The van der Waals surface area contributed by atoms with Gasteiger partial charge in [0.25, 0.3) is 5.91 Å². The largest absolute Gasteiger partial charge is 0.375 e. The zero-order valence-corrected chi connectivity index (χ0v) is 17.1. The van der Waals surface area contributed by atoms with Crippen LogP contribution in [0.2, 0.25) is 5.02 Å². The van der Waals surface area contributed by atoms with E-state index in [-0.39, 0.29) is 34.5 Å². The summed E-state index contributed by atoms with van der Waals surface area (Å²) in [6.45, 7) is 0. The molecule has 2 saturated heterocycles. The second kappa shape index (κ2) is 7.67. The molecule has 0 radical (unpaired) electrons. The van der Waals surface area contributed by atoms with Crippen molar-refractivity contribution in [1.82, 2.24) is 19.8 Å². The summed E-state index contributed by atoms with van der Waals surface area (Å²) in [5.74, 6) is -2.16. The topological polar surface area (TPSA) is 102 Å². The minimum atomic E-state index is -3.81. The molecule has 2 N–H and O–H groups in total. The molecule has 0 aliphatic carbocycles. The average Bonchev–Trinajstić information content (AvgIpc) is 3.38. The molecular formula is C18H20ClFN4O4S. The minimum absolute atomic E-state index is 0.0569. The number of hydrazine groups is 1. The van der Waals surface area contributed by atoms with Crippen molar-refractivity contribution < 1.29 is 22.3 Å². The molecule has 2 aliphatic heterocycles. The molecule has 2 fully saturated rings. The van der Waals surface area contributed by atoms with Crippen molar-refractivity contribution in [2.45, 2.75) is 31.5 Å². The van der Waals surface area contributed by atoms with Crippen LogP contribution in [0.15, 0.2) is 24.7 Å². The van der Waals surface area contributed by atoms with Crippen LogP contribution in [0.3, 0.4) is 0 Å².